The average Bonchev–Trinajstić information content (AvgIpc) is 3.23. The maximum absolute atomic E-state index is 5.74. The molecule has 0 aliphatic heterocycles. The van der Waals surface area contributed by atoms with Crippen LogP contribution in [0.1, 0.15) is 6.42 Å². The lowest BCUT2D eigenvalue weighted by Crippen LogP contribution is -2.00. The molecule has 0 saturated heterocycles. The quantitative estimate of drug-likeness (QED) is 0.498. The number of hydrogen-bond donors (Lipinski definition) is 2. The van der Waals surface area contributed by atoms with Gasteiger partial charge >= 0.3 is 0 Å². The molecule has 0 atom stereocenters. The van der Waals surface area contributed by atoms with Crippen molar-refractivity contribution in [2.45, 2.75) is 6.42 Å². The number of methoxy groups -OCH3 is 1. The van der Waals surface area contributed by atoms with Gasteiger partial charge in [0, 0.05) is 38.1 Å². The first-order chi connectivity index (χ1) is 12.3. The maximum atomic E-state index is 5.74. The van der Waals surface area contributed by atoms with Crippen LogP contribution >= 0.6 is 0 Å². The van der Waals surface area contributed by atoms with Crippen LogP contribution in [-0.4, -0.2) is 35.5 Å². The molecule has 1 aromatic carbocycles. The zero-order valence-electron chi connectivity index (χ0n) is 13.8. The monoisotopic (exact) mass is 338 g/mol. The number of nitrogens with zero attached hydrogens (tertiary/aromatic N) is 2. The minimum Gasteiger partial charge on any atom is -0.489 e. The van der Waals surface area contributed by atoms with Crippen LogP contribution in [0, 0.1) is 0 Å². The normalized spacial score (nSPS) is 11.2. The van der Waals surface area contributed by atoms with Gasteiger partial charge in [0.15, 0.2) is 11.6 Å². The number of rotatable bonds is 7. The Morgan fingerprint density at radius 1 is 1.24 bits per heavy atom. The van der Waals surface area contributed by atoms with E-state index in [1.54, 1.807) is 19.6 Å². The fourth-order valence-electron chi connectivity index (χ4n) is 2.66. The molecule has 128 valence electrons. The predicted molar refractivity (Wildman–Crippen MR) is 95.4 cm³/mol. The van der Waals surface area contributed by atoms with E-state index in [1.165, 1.54) is 0 Å². The lowest BCUT2D eigenvalue weighted by Gasteiger charge is -2.05. The molecule has 4 aromatic rings. The number of fused-ring (bicyclic) bond motifs is 2. The molecule has 0 fully saturated rings. The third kappa shape index (κ3) is 3.14. The number of furan rings is 1. The molecule has 3 aromatic heterocycles. The van der Waals surface area contributed by atoms with Gasteiger partial charge in [-0.25, -0.2) is 0 Å². The van der Waals surface area contributed by atoms with Gasteiger partial charge in [0.1, 0.15) is 17.4 Å². The number of anilines is 2. The van der Waals surface area contributed by atoms with Crippen molar-refractivity contribution >= 4 is 33.5 Å². The van der Waals surface area contributed by atoms with Crippen LogP contribution in [0.3, 0.4) is 0 Å². The number of hydrogen-bond acceptors (Lipinski definition) is 6. The van der Waals surface area contributed by atoms with Gasteiger partial charge in [-0.15, -0.1) is 0 Å². The van der Waals surface area contributed by atoms with Crippen LogP contribution in [0.25, 0.3) is 22.0 Å². The topological polar surface area (TPSA) is 85.2 Å². The molecule has 0 amide bonds. The first-order valence-corrected chi connectivity index (χ1v) is 8.04. The van der Waals surface area contributed by atoms with E-state index in [4.69, 9.17) is 13.9 Å². The Morgan fingerprint density at radius 2 is 2.20 bits per heavy atom. The lowest BCUT2D eigenvalue weighted by atomic mass is 10.2. The maximum Gasteiger partial charge on any atom is 0.178 e. The average molecular weight is 338 g/mol. The summed E-state index contributed by atoms with van der Waals surface area (Å²) in [5.74, 6) is 1.42. The van der Waals surface area contributed by atoms with Gasteiger partial charge in [0.25, 0.3) is 0 Å². The molecule has 0 aliphatic carbocycles. The Morgan fingerprint density at radius 3 is 3.12 bits per heavy atom. The van der Waals surface area contributed by atoms with Crippen LogP contribution < -0.4 is 10.1 Å². The fraction of sp³-hybridized carbons (Fsp3) is 0.222. The Labute approximate surface area is 143 Å². The highest BCUT2D eigenvalue weighted by Gasteiger charge is 2.10. The summed E-state index contributed by atoms with van der Waals surface area (Å²) in [7, 11) is 1.68. The van der Waals surface area contributed by atoms with E-state index < -0.39 is 0 Å². The molecule has 0 radical (unpaired) electrons. The summed E-state index contributed by atoms with van der Waals surface area (Å²) in [4.78, 5) is 4.34. The first-order valence-electron chi connectivity index (χ1n) is 8.04. The molecule has 7 heteroatoms. The number of aromatic nitrogens is 3. The van der Waals surface area contributed by atoms with Gasteiger partial charge in [-0.1, -0.05) is 0 Å². The van der Waals surface area contributed by atoms with Crippen LogP contribution in [0.15, 0.2) is 47.2 Å². The van der Waals surface area contributed by atoms with E-state index >= 15 is 0 Å². The van der Waals surface area contributed by atoms with Crippen molar-refractivity contribution in [1.29, 1.82) is 0 Å². The van der Waals surface area contributed by atoms with Gasteiger partial charge < -0.3 is 19.2 Å². The van der Waals surface area contributed by atoms with Crippen molar-refractivity contribution in [2.24, 2.45) is 0 Å². The van der Waals surface area contributed by atoms with E-state index in [1.807, 2.05) is 30.3 Å². The Balaban J connectivity index is 1.53. The lowest BCUT2D eigenvalue weighted by molar-refractivity contribution is 0.172. The Kier molecular flexibility index (Phi) is 4.22. The molecule has 25 heavy (non-hydrogen) atoms. The van der Waals surface area contributed by atoms with Crippen LogP contribution in [0.4, 0.5) is 11.5 Å². The Bertz CT molecular complexity index is 992. The zero-order chi connectivity index (χ0) is 17.1. The summed E-state index contributed by atoms with van der Waals surface area (Å²) in [6.45, 7) is 1.27. The molecule has 0 unspecified atom stereocenters. The van der Waals surface area contributed by atoms with E-state index in [0.29, 0.717) is 19.0 Å². The summed E-state index contributed by atoms with van der Waals surface area (Å²) in [5, 5.41) is 11.4. The highest BCUT2D eigenvalue weighted by molar-refractivity contribution is 5.90. The summed E-state index contributed by atoms with van der Waals surface area (Å²) in [6, 6.07) is 9.65. The van der Waals surface area contributed by atoms with Crippen LogP contribution in [-0.2, 0) is 4.74 Å². The largest absolute Gasteiger partial charge is 0.489 e. The molecule has 0 saturated carbocycles. The second-order valence-electron chi connectivity index (χ2n) is 5.60. The fourth-order valence-corrected chi connectivity index (χ4v) is 2.66. The highest BCUT2D eigenvalue weighted by Crippen LogP contribution is 2.31. The number of pyridine rings is 1. The minimum absolute atomic E-state index is 0.591. The summed E-state index contributed by atoms with van der Waals surface area (Å²) < 4.78 is 16.4. The SMILES string of the molecule is COCCCOc1coc2cc(Nc3n[nH]c4cccnc34)ccc12. The van der Waals surface area contributed by atoms with Gasteiger partial charge in [-0.2, -0.15) is 5.10 Å². The molecule has 0 bridgehead atoms. The van der Waals surface area contributed by atoms with E-state index in [-0.39, 0.29) is 0 Å². The van der Waals surface area contributed by atoms with Crippen molar-refractivity contribution in [3.8, 4) is 5.75 Å². The van der Waals surface area contributed by atoms with E-state index in [2.05, 4.69) is 20.5 Å². The van der Waals surface area contributed by atoms with Crippen molar-refractivity contribution in [3.63, 3.8) is 0 Å². The van der Waals surface area contributed by atoms with E-state index in [0.717, 1.165) is 39.9 Å². The second kappa shape index (κ2) is 6.82. The second-order valence-corrected chi connectivity index (χ2v) is 5.60. The smallest absolute Gasteiger partial charge is 0.178 e. The van der Waals surface area contributed by atoms with Crippen molar-refractivity contribution < 1.29 is 13.9 Å². The number of aromatic amines is 1. The molecule has 7 nitrogen and oxygen atoms in total. The van der Waals surface area contributed by atoms with Gasteiger partial charge in [-0.3, -0.25) is 10.1 Å². The summed E-state index contributed by atoms with van der Waals surface area (Å²) >= 11 is 0. The van der Waals surface area contributed by atoms with Crippen molar-refractivity contribution in [3.05, 3.63) is 42.8 Å². The van der Waals surface area contributed by atoms with Gasteiger partial charge in [0.05, 0.1) is 17.5 Å². The van der Waals surface area contributed by atoms with Crippen molar-refractivity contribution in [1.82, 2.24) is 15.2 Å². The zero-order valence-corrected chi connectivity index (χ0v) is 13.8. The van der Waals surface area contributed by atoms with Gasteiger partial charge in [0.2, 0.25) is 0 Å². The highest BCUT2D eigenvalue weighted by atomic mass is 16.5. The predicted octanol–water partition coefficient (Wildman–Crippen LogP) is 3.86. The molecule has 0 spiro atoms. The van der Waals surface area contributed by atoms with Crippen molar-refractivity contribution in [2.75, 3.05) is 25.6 Å². The molecular weight excluding hydrogens is 320 g/mol. The molecular formula is C18H18N4O3. The molecule has 3 heterocycles. The van der Waals surface area contributed by atoms with Crippen LogP contribution in [0.5, 0.6) is 5.75 Å². The number of ether oxygens (including phenoxy) is 2. The first kappa shape index (κ1) is 15.5. The third-order valence-corrected chi connectivity index (χ3v) is 3.87. The minimum atomic E-state index is 0.591. The third-order valence-electron chi connectivity index (χ3n) is 3.87. The molecule has 0 aliphatic rings. The number of benzene rings is 1. The number of nitrogens with one attached hydrogen (secondary N) is 2. The standard InChI is InChI=1S/C18H18N4O3/c1-23-8-3-9-24-16-11-25-15-10-12(5-6-13(15)16)20-18-17-14(21-22-18)4-2-7-19-17/h2,4-7,10-11H,3,8-9H2,1H3,(H2,20,21,22). The number of H-pyrrole nitrogens is 1. The van der Waals surface area contributed by atoms with Gasteiger partial charge in [-0.05, 0) is 24.3 Å². The van der Waals surface area contributed by atoms with E-state index in [9.17, 15) is 0 Å². The Hall–Kier alpha value is -3.06. The van der Waals surface area contributed by atoms with Crippen LogP contribution in [0.2, 0.25) is 0 Å². The molecule has 2 N–H and O–H groups in total. The molecule has 4 rings (SSSR count). The summed E-state index contributed by atoms with van der Waals surface area (Å²) in [5.41, 5.74) is 3.30. The summed E-state index contributed by atoms with van der Waals surface area (Å²) in [6.07, 6.45) is 4.21.